The Morgan fingerprint density at radius 3 is 1.01 bits per heavy atom. The molecule has 4 fully saturated rings. The molecule has 9 aromatic rings. The third kappa shape index (κ3) is 5.61. The van der Waals surface area contributed by atoms with Crippen molar-refractivity contribution in [3.63, 3.8) is 0 Å². The minimum absolute atomic E-state index is 0.328. The third-order valence-electron chi connectivity index (χ3n) is 17.2. The summed E-state index contributed by atoms with van der Waals surface area (Å²) in [5.74, 6) is 2.70. The summed E-state index contributed by atoms with van der Waals surface area (Å²) in [7, 11) is 0. The van der Waals surface area contributed by atoms with E-state index in [9.17, 15) is 0 Å². The Labute approximate surface area is 395 Å². The lowest BCUT2D eigenvalue weighted by molar-refractivity contribution is -0.00518. The third-order valence-corrected chi connectivity index (χ3v) is 17.2. The first-order chi connectivity index (χ1) is 33.1. The number of benzene rings is 9. The topological polar surface area (TPSA) is 3.24 Å². The van der Waals surface area contributed by atoms with Crippen molar-refractivity contribution in [1.29, 1.82) is 0 Å². The van der Waals surface area contributed by atoms with E-state index >= 15 is 0 Å². The smallest absolute Gasteiger partial charge is 0.0714 e. The van der Waals surface area contributed by atoms with Gasteiger partial charge in [0.15, 0.2) is 0 Å². The van der Waals surface area contributed by atoms with Gasteiger partial charge < -0.3 is 4.90 Å². The van der Waals surface area contributed by atoms with Crippen LogP contribution in [-0.4, -0.2) is 0 Å². The predicted octanol–water partition coefficient (Wildman–Crippen LogP) is 16.4. The molecule has 322 valence electrons. The van der Waals surface area contributed by atoms with Crippen LogP contribution in [0.25, 0.3) is 22.3 Å². The zero-order chi connectivity index (χ0) is 44.2. The summed E-state index contributed by atoms with van der Waals surface area (Å²) >= 11 is 0. The molecule has 0 amide bonds. The van der Waals surface area contributed by atoms with Gasteiger partial charge in [-0.05, 0) is 170 Å². The van der Waals surface area contributed by atoms with Crippen molar-refractivity contribution in [3.05, 3.63) is 281 Å². The van der Waals surface area contributed by atoms with Crippen LogP contribution in [-0.2, 0) is 16.2 Å². The summed E-state index contributed by atoms with van der Waals surface area (Å²) in [6.07, 6.45) is 8.45. The number of anilines is 3. The molecule has 0 spiro atoms. The van der Waals surface area contributed by atoms with Crippen LogP contribution in [0.2, 0.25) is 0 Å². The standard InChI is InChI=1S/C66H53N/c1-3-17-49(18-4-1)65(60-29-11-7-25-56(60)57-26-8-12-30-61(57)65)51-21-15-23-54(40-51)67(53-35-33-48(34-36-53)64-42-45-37-46(43-64)39-47(38-45)44-64)55-24-16-22-52(41-55)66(50-19-5-2-6-20-50)62-31-13-9-27-58(62)59-28-10-14-32-63(59)66/h1-36,40-41,45-47H,37-39,42-44H2. The van der Waals surface area contributed by atoms with Crippen LogP contribution in [0, 0.1) is 17.8 Å². The fourth-order valence-corrected chi connectivity index (χ4v) is 15.1. The van der Waals surface area contributed by atoms with Gasteiger partial charge in [0, 0.05) is 17.1 Å². The first-order valence-electron chi connectivity index (χ1n) is 24.8. The van der Waals surface area contributed by atoms with Gasteiger partial charge in [0.2, 0.25) is 0 Å². The second-order valence-electron chi connectivity index (χ2n) is 20.6. The molecule has 6 aliphatic carbocycles. The zero-order valence-corrected chi connectivity index (χ0v) is 37.9. The Bertz CT molecular complexity index is 3030. The van der Waals surface area contributed by atoms with E-state index in [0.29, 0.717) is 5.41 Å². The molecule has 0 radical (unpaired) electrons. The van der Waals surface area contributed by atoms with E-state index in [2.05, 4.69) is 235 Å². The highest BCUT2D eigenvalue weighted by Gasteiger charge is 2.52. The summed E-state index contributed by atoms with van der Waals surface area (Å²) < 4.78 is 0. The summed E-state index contributed by atoms with van der Waals surface area (Å²) in [6, 6.07) is 87.7. The van der Waals surface area contributed by atoms with Crippen molar-refractivity contribution < 1.29 is 0 Å². The average molecular weight is 860 g/mol. The van der Waals surface area contributed by atoms with Crippen molar-refractivity contribution in [2.45, 2.75) is 54.8 Å². The molecule has 15 rings (SSSR count). The molecule has 0 saturated heterocycles. The lowest BCUT2D eigenvalue weighted by atomic mass is 9.48. The van der Waals surface area contributed by atoms with Crippen molar-refractivity contribution in [2.24, 2.45) is 17.8 Å². The van der Waals surface area contributed by atoms with E-state index in [1.165, 1.54) is 111 Å². The molecule has 0 unspecified atom stereocenters. The Morgan fingerprint density at radius 2 is 0.627 bits per heavy atom. The normalized spacial score (nSPS) is 21.8. The number of nitrogens with zero attached hydrogens (tertiary/aromatic N) is 1. The van der Waals surface area contributed by atoms with Gasteiger partial charge in [0.05, 0.1) is 10.8 Å². The highest BCUT2D eigenvalue weighted by molar-refractivity contribution is 5.89. The largest absolute Gasteiger partial charge is 0.310 e. The molecule has 67 heavy (non-hydrogen) atoms. The highest BCUT2D eigenvalue weighted by atomic mass is 15.1. The summed E-state index contributed by atoms with van der Waals surface area (Å²) in [4.78, 5) is 2.55. The first-order valence-corrected chi connectivity index (χ1v) is 24.8. The van der Waals surface area contributed by atoms with E-state index < -0.39 is 10.8 Å². The quantitative estimate of drug-likeness (QED) is 0.147. The maximum atomic E-state index is 2.55. The molecular formula is C66H53N. The van der Waals surface area contributed by atoms with Gasteiger partial charge in [-0.2, -0.15) is 0 Å². The Balaban J connectivity index is 0.990. The summed E-state index contributed by atoms with van der Waals surface area (Å²) in [6.45, 7) is 0. The van der Waals surface area contributed by atoms with Gasteiger partial charge in [-0.1, -0.05) is 194 Å². The Morgan fingerprint density at radius 1 is 0.284 bits per heavy atom. The molecule has 0 aliphatic heterocycles. The van der Waals surface area contributed by atoms with Crippen LogP contribution < -0.4 is 4.90 Å². The van der Waals surface area contributed by atoms with E-state index in [0.717, 1.165) is 29.1 Å². The molecule has 6 aliphatic rings. The number of hydrogen-bond acceptors (Lipinski definition) is 1. The first kappa shape index (κ1) is 39.0. The maximum absolute atomic E-state index is 2.55. The van der Waals surface area contributed by atoms with Crippen molar-refractivity contribution >= 4 is 17.1 Å². The van der Waals surface area contributed by atoms with E-state index in [4.69, 9.17) is 0 Å². The molecule has 0 aromatic heterocycles. The monoisotopic (exact) mass is 859 g/mol. The van der Waals surface area contributed by atoms with Crippen LogP contribution in [0.5, 0.6) is 0 Å². The minimum atomic E-state index is -0.505. The van der Waals surface area contributed by atoms with Crippen molar-refractivity contribution in [1.82, 2.24) is 0 Å². The number of hydrogen-bond donors (Lipinski definition) is 0. The fourth-order valence-electron chi connectivity index (χ4n) is 15.1. The summed E-state index contributed by atoms with van der Waals surface area (Å²) in [5, 5.41) is 0. The van der Waals surface area contributed by atoms with E-state index in [-0.39, 0.29) is 0 Å². The second kappa shape index (κ2) is 14.9. The van der Waals surface area contributed by atoms with Gasteiger partial charge in [0.1, 0.15) is 0 Å². The van der Waals surface area contributed by atoms with Gasteiger partial charge in [0.25, 0.3) is 0 Å². The lowest BCUT2D eigenvalue weighted by Crippen LogP contribution is -2.48. The van der Waals surface area contributed by atoms with Crippen LogP contribution >= 0.6 is 0 Å². The minimum Gasteiger partial charge on any atom is -0.310 e. The predicted molar refractivity (Wildman–Crippen MR) is 276 cm³/mol. The maximum Gasteiger partial charge on any atom is 0.0714 e. The highest BCUT2D eigenvalue weighted by Crippen LogP contribution is 2.62. The molecule has 9 aromatic carbocycles. The zero-order valence-electron chi connectivity index (χ0n) is 37.9. The van der Waals surface area contributed by atoms with Crippen molar-refractivity contribution in [2.75, 3.05) is 4.90 Å². The van der Waals surface area contributed by atoms with E-state index in [1.807, 2.05) is 0 Å². The Hall–Kier alpha value is -7.22. The Kier molecular flexibility index (Phi) is 8.67. The molecule has 4 saturated carbocycles. The van der Waals surface area contributed by atoms with Gasteiger partial charge in [-0.3, -0.25) is 0 Å². The molecule has 0 atom stereocenters. The van der Waals surface area contributed by atoms with Gasteiger partial charge >= 0.3 is 0 Å². The number of fused-ring (bicyclic) bond motifs is 6. The molecule has 1 heteroatoms. The summed E-state index contributed by atoms with van der Waals surface area (Å²) in [5.41, 5.74) is 20.0. The van der Waals surface area contributed by atoms with Gasteiger partial charge in [-0.15, -0.1) is 0 Å². The van der Waals surface area contributed by atoms with Crippen LogP contribution in [0.4, 0.5) is 17.1 Å². The lowest BCUT2D eigenvalue weighted by Gasteiger charge is -2.57. The second-order valence-corrected chi connectivity index (χ2v) is 20.6. The van der Waals surface area contributed by atoms with E-state index in [1.54, 1.807) is 5.56 Å². The van der Waals surface area contributed by atoms with Crippen LogP contribution in [0.3, 0.4) is 0 Å². The average Bonchev–Trinajstić information content (AvgIpc) is 3.86. The fraction of sp³-hybridized carbons (Fsp3) is 0.182. The van der Waals surface area contributed by atoms with Crippen LogP contribution in [0.15, 0.2) is 231 Å². The molecule has 0 N–H and O–H groups in total. The van der Waals surface area contributed by atoms with Gasteiger partial charge in [-0.25, -0.2) is 0 Å². The number of rotatable bonds is 8. The molecule has 1 nitrogen and oxygen atoms in total. The molecular weight excluding hydrogens is 807 g/mol. The molecule has 4 bridgehead atoms. The van der Waals surface area contributed by atoms with Crippen LogP contribution in [0.1, 0.15) is 88.6 Å². The molecule has 0 heterocycles. The SMILES string of the molecule is c1ccc(C2(c3cccc(N(c4ccc(C56CC7CC(CC(C7)C5)C6)cc4)c4cccc(C5(c6ccccc6)c6ccccc6-c6ccccc65)c4)c3)c3ccccc3-c3ccccc32)cc1. The van der Waals surface area contributed by atoms with Crippen molar-refractivity contribution in [3.8, 4) is 22.3 Å².